The molecule has 31 heavy (non-hydrogen) atoms. The van der Waals surface area contributed by atoms with Crippen LogP contribution in [0.15, 0.2) is 85.3 Å². The smallest absolute Gasteiger partial charge is 0.174 e. The first-order valence-corrected chi connectivity index (χ1v) is 10.5. The maximum Gasteiger partial charge on any atom is 0.174 e. The van der Waals surface area contributed by atoms with E-state index in [1.165, 1.54) is 0 Å². The molecule has 3 aromatic heterocycles. The van der Waals surface area contributed by atoms with Crippen LogP contribution in [0.1, 0.15) is 23.5 Å². The van der Waals surface area contributed by atoms with Gasteiger partial charge in [0, 0.05) is 29.3 Å². The molecule has 1 aromatic carbocycles. The number of anilines is 1. The maximum atomic E-state index is 10.6. The fraction of sp³-hybridized carbons (Fsp3) is 0.0870. The highest BCUT2D eigenvalue weighted by molar-refractivity contribution is 7.80. The number of benzene rings is 1. The molecule has 2 atom stereocenters. The van der Waals surface area contributed by atoms with E-state index in [0.29, 0.717) is 15.8 Å². The fourth-order valence-electron chi connectivity index (χ4n) is 3.94. The van der Waals surface area contributed by atoms with Crippen molar-refractivity contribution in [2.24, 2.45) is 0 Å². The first kappa shape index (κ1) is 19.5. The van der Waals surface area contributed by atoms with Crippen LogP contribution in [-0.4, -0.2) is 24.8 Å². The molecule has 8 heteroatoms. The van der Waals surface area contributed by atoms with Crippen LogP contribution in [0.2, 0.25) is 5.02 Å². The molecule has 4 heterocycles. The van der Waals surface area contributed by atoms with E-state index in [1.807, 2.05) is 64.2 Å². The van der Waals surface area contributed by atoms with Crippen molar-refractivity contribution in [3.05, 3.63) is 102 Å². The lowest BCUT2D eigenvalue weighted by atomic mass is 10.0. The third kappa shape index (κ3) is 3.52. The predicted octanol–water partition coefficient (Wildman–Crippen LogP) is 4.80. The zero-order chi connectivity index (χ0) is 21.4. The number of hydrogen-bond acceptors (Lipinski definition) is 4. The van der Waals surface area contributed by atoms with Gasteiger partial charge < -0.3 is 19.9 Å². The van der Waals surface area contributed by atoms with Gasteiger partial charge >= 0.3 is 0 Å². The average molecular weight is 448 g/mol. The number of hydrogen-bond donors (Lipinski definition) is 2. The summed E-state index contributed by atoms with van der Waals surface area (Å²) in [5.41, 5.74) is 2.32. The van der Waals surface area contributed by atoms with Crippen molar-refractivity contribution in [2.75, 3.05) is 4.90 Å². The van der Waals surface area contributed by atoms with Gasteiger partial charge in [-0.2, -0.15) is 0 Å². The summed E-state index contributed by atoms with van der Waals surface area (Å²) in [7, 11) is 0. The van der Waals surface area contributed by atoms with Crippen LogP contribution < -0.4 is 10.2 Å². The monoisotopic (exact) mass is 447 g/mol. The summed E-state index contributed by atoms with van der Waals surface area (Å²) in [5.74, 6) is 0.881. The standard InChI is InChI=1S/C23H18ClN5OS/c24-15-9-10-19(30)18(14-15)29-22(21(27-23(29)31)16-6-1-3-11-25-16)17-7-5-13-28(17)20-8-2-4-12-26-20/h1-14,21-22,30H,(H,27,31)/t21-,22-/m0/s1. The van der Waals surface area contributed by atoms with E-state index in [9.17, 15) is 5.11 Å². The summed E-state index contributed by atoms with van der Waals surface area (Å²) in [5, 5.41) is 15.0. The van der Waals surface area contributed by atoms with E-state index in [-0.39, 0.29) is 17.8 Å². The van der Waals surface area contributed by atoms with Gasteiger partial charge in [-0.05, 0) is 66.8 Å². The fourth-order valence-corrected chi connectivity index (χ4v) is 4.45. The molecule has 4 aromatic rings. The molecule has 1 aliphatic heterocycles. The summed E-state index contributed by atoms with van der Waals surface area (Å²) < 4.78 is 2.02. The molecule has 5 rings (SSSR count). The zero-order valence-electron chi connectivity index (χ0n) is 16.3. The number of nitrogens with one attached hydrogen (secondary N) is 1. The Morgan fingerprint density at radius 1 is 0.968 bits per heavy atom. The molecule has 0 aliphatic carbocycles. The highest BCUT2D eigenvalue weighted by Crippen LogP contribution is 2.45. The average Bonchev–Trinajstić information content (AvgIpc) is 3.41. The van der Waals surface area contributed by atoms with Crippen molar-refractivity contribution < 1.29 is 5.11 Å². The van der Waals surface area contributed by atoms with Crippen LogP contribution in [-0.2, 0) is 0 Å². The second kappa shape index (κ2) is 8.02. The molecule has 1 fully saturated rings. The van der Waals surface area contributed by atoms with Crippen molar-refractivity contribution in [3.8, 4) is 11.6 Å². The first-order chi connectivity index (χ1) is 15.1. The van der Waals surface area contributed by atoms with Gasteiger partial charge in [-0.1, -0.05) is 23.7 Å². The molecule has 0 radical (unpaired) electrons. The van der Waals surface area contributed by atoms with Crippen LogP contribution in [0.5, 0.6) is 5.75 Å². The lowest BCUT2D eigenvalue weighted by Gasteiger charge is -2.29. The van der Waals surface area contributed by atoms with Gasteiger partial charge in [-0.15, -0.1) is 0 Å². The summed E-state index contributed by atoms with van der Waals surface area (Å²) in [6, 6.07) is 19.9. The van der Waals surface area contributed by atoms with Crippen molar-refractivity contribution in [1.29, 1.82) is 0 Å². The highest BCUT2D eigenvalue weighted by Gasteiger charge is 2.43. The van der Waals surface area contributed by atoms with Crippen molar-refractivity contribution >= 4 is 34.6 Å². The molecule has 6 nitrogen and oxygen atoms in total. The van der Waals surface area contributed by atoms with Crippen molar-refractivity contribution in [3.63, 3.8) is 0 Å². The summed E-state index contributed by atoms with van der Waals surface area (Å²) >= 11 is 12.0. The van der Waals surface area contributed by atoms with Crippen LogP contribution in [0.25, 0.3) is 5.82 Å². The van der Waals surface area contributed by atoms with Gasteiger partial charge in [0.1, 0.15) is 17.6 Å². The van der Waals surface area contributed by atoms with Crippen LogP contribution >= 0.6 is 23.8 Å². The Hall–Kier alpha value is -3.42. The molecule has 0 unspecified atom stereocenters. The minimum Gasteiger partial charge on any atom is -0.506 e. The molecule has 0 saturated carbocycles. The second-order valence-electron chi connectivity index (χ2n) is 7.12. The molecule has 0 amide bonds. The Bertz CT molecular complexity index is 1230. The molecule has 0 spiro atoms. The number of halogens is 1. The Balaban J connectivity index is 1.70. The lowest BCUT2D eigenvalue weighted by molar-refractivity contribution is 0.472. The zero-order valence-corrected chi connectivity index (χ0v) is 17.8. The number of pyridine rings is 2. The van der Waals surface area contributed by atoms with Crippen LogP contribution in [0.4, 0.5) is 5.69 Å². The van der Waals surface area contributed by atoms with Crippen LogP contribution in [0, 0.1) is 0 Å². The minimum atomic E-state index is -0.302. The number of phenolic OH excluding ortho intramolecular Hbond substituents is 1. The predicted molar refractivity (Wildman–Crippen MR) is 125 cm³/mol. The summed E-state index contributed by atoms with van der Waals surface area (Å²) in [4.78, 5) is 11.0. The number of thiocarbonyl (C=S) groups is 1. The Morgan fingerprint density at radius 3 is 2.52 bits per heavy atom. The topological polar surface area (TPSA) is 66.2 Å². The molecule has 1 aliphatic rings. The number of aromatic nitrogens is 3. The van der Waals surface area contributed by atoms with Gasteiger partial charge in [-0.25, -0.2) is 4.98 Å². The molecule has 2 N–H and O–H groups in total. The largest absolute Gasteiger partial charge is 0.506 e. The third-order valence-electron chi connectivity index (χ3n) is 5.27. The summed E-state index contributed by atoms with van der Waals surface area (Å²) in [6.07, 6.45) is 5.48. The normalized spacial score (nSPS) is 18.2. The SMILES string of the molecule is Oc1ccc(Cl)cc1N1C(=S)N[C@@H](c2ccccn2)[C@@H]1c1cccn1-c1ccccn1. The van der Waals surface area contributed by atoms with E-state index < -0.39 is 0 Å². The van der Waals surface area contributed by atoms with Gasteiger partial charge in [0.2, 0.25) is 0 Å². The number of aromatic hydroxyl groups is 1. The highest BCUT2D eigenvalue weighted by atomic mass is 35.5. The Morgan fingerprint density at radius 2 is 1.77 bits per heavy atom. The van der Waals surface area contributed by atoms with Gasteiger partial charge in [0.25, 0.3) is 0 Å². The maximum absolute atomic E-state index is 10.6. The number of nitrogens with zero attached hydrogens (tertiary/aromatic N) is 4. The number of rotatable bonds is 4. The second-order valence-corrected chi connectivity index (χ2v) is 7.94. The first-order valence-electron chi connectivity index (χ1n) is 9.71. The van der Waals surface area contributed by atoms with E-state index >= 15 is 0 Å². The molecular formula is C23H18ClN5OS. The van der Waals surface area contributed by atoms with Gasteiger partial charge in [0.05, 0.1) is 17.4 Å². The summed E-state index contributed by atoms with van der Waals surface area (Å²) in [6.45, 7) is 0. The van der Waals surface area contributed by atoms with E-state index in [0.717, 1.165) is 17.2 Å². The Kier molecular flexibility index (Phi) is 5.05. The van der Waals surface area contributed by atoms with Crippen LogP contribution in [0.3, 0.4) is 0 Å². The van der Waals surface area contributed by atoms with Gasteiger partial charge in [0.15, 0.2) is 5.11 Å². The van der Waals surface area contributed by atoms with Crippen molar-refractivity contribution in [1.82, 2.24) is 19.9 Å². The lowest BCUT2D eigenvalue weighted by Crippen LogP contribution is -2.30. The van der Waals surface area contributed by atoms with E-state index in [4.69, 9.17) is 23.8 Å². The minimum absolute atomic E-state index is 0.0937. The number of phenols is 1. The molecule has 1 saturated heterocycles. The Labute approximate surface area is 189 Å². The van der Waals surface area contributed by atoms with Crippen molar-refractivity contribution in [2.45, 2.75) is 12.1 Å². The molecule has 0 bridgehead atoms. The molecular weight excluding hydrogens is 430 g/mol. The quantitative estimate of drug-likeness (QED) is 0.438. The molecule has 154 valence electrons. The van der Waals surface area contributed by atoms with E-state index in [1.54, 1.807) is 30.6 Å². The third-order valence-corrected chi connectivity index (χ3v) is 5.82. The van der Waals surface area contributed by atoms with E-state index in [2.05, 4.69) is 15.3 Å². The van der Waals surface area contributed by atoms with Gasteiger partial charge in [-0.3, -0.25) is 4.98 Å².